The van der Waals surface area contributed by atoms with Gasteiger partial charge in [-0.2, -0.15) is 0 Å². The molecule has 0 aromatic heterocycles. The molecule has 0 aliphatic heterocycles. The van der Waals surface area contributed by atoms with Gasteiger partial charge in [0.05, 0.1) is 5.97 Å². The smallest absolute Gasteiger partial charge is 0.550 e. The fraction of sp³-hybridized carbons (Fsp3) is 0.500. The van der Waals surface area contributed by atoms with E-state index in [2.05, 4.69) is 0 Å². The summed E-state index contributed by atoms with van der Waals surface area (Å²) in [7, 11) is 0. The third kappa shape index (κ3) is 11.1. The van der Waals surface area contributed by atoms with Gasteiger partial charge in [-0.3, -0.25) is 0 Å². The number of carbonyl (C=O) groups excluding carboxylic acids is 3. The monoisotopic (exact) mass is 274 g/mol. The van der Waals surface area contributed by atoms with Crippen molar-refractivity contribution in [2.45, 2.75) is 18.4 Å². The maximum atomic E-state index is 10.1. The minimum absolute atomic E-state index is 0. The van der Waals surface area contributed by atoms with E-state index in [1.54, 1.807) is 0 Å². The van der Waals surface area contributed by atoms with E-state index in [1.807, 2.05) is 0 Å². The molecule has 0 atom stereocenters. The Labute approximate surface area is 178 Å². The Balaban J connectivity index is -0.000000240. The summed E-state index contributed by atoms with van der Waals surface area (Å²) in [6.45, 7) is 0. The molecule has 0 amide bonds. The van der Waals surface area contributed by atoms with Crippen LogP contribution in [0.15, 0.2) is 0 Å². The minimum atomic E-state index is -2.97. The molecule has 0 bridgehead atoms. The van der Waals surface area contributed by atoms with Crippen LogP contribution in [0.1, 0.15) is 12.8 Å². The van der Waals surface area contributed by atoms with Crippen LogP contribution < -0.4 is 126 Å². The summed E-state index contributed by atoms with van der Waals surface area (Å²) in [6, 6.07) is 0. The van der Waals surface area contributed by atoms with Gasteiger partial charge in [-0.25, -0.2) is 0 Å². The topological polar surface area (TPSA) is 141 Å². The van der Waals surface area contributed by atoms with Crippen LogP contribution in [0.25, 0.3) is 0 Å². The first kappa shape index (κ1) is 26.5. The number of aliphatic hydroxyl groups is 1. The van der Waals surface area contributed by atoms with E-state index >= 15 is 0 Å². The van der Waals surface area contributed by atoms with Crippen LogP contribution in [0.3, 0.4) is 0 Å². The summed E-state index contributed by atoms with van der Waals surface area (Å²) in [5.41, 5.74) is -2.97. The van der Waals surface area contributed by atoms with Crippen LogP contribution in [0.4, 0.5) is 0 Å². The van der Waals surface area contributed by atoms with Crippen molar-refractivity contribution >= 4 is 17.9 Å². The molecular weight excluding hydrogens is 269 g/mol. The van der Waals surface area contributed by atoms with Gasteiger partial charge in [0.15, 0.2) is 0 Å². The van der Waals surface area contributed by atoms with E-state index in [1.165, 1.54) is 0 Å². The molecule has 10 heteroatoms. The number of hydrogen-bond acceptors (Lipinski definition) is 7. The van der Waals surface area contributed by atoms with Gasteiger partial charge in [0.1, 0.15) is 5.60 Å². The first-order valence-corrected chi connectivity index (χ1v) is 3.11. The maximum Gasteiger partial charge on any atom is 1.00 e. The van der Waals surface area contributed by atoms with Crippen LogP contribution in [0, 0.1) is 0 Å². The number of carboxylic acid groups (broad SMARTS) is 3. The molecule has 0 saturated heterocycles. The summed E-state index contributed by atoms with van der Waals surface area (Å²) in [5.74, 6) is -5.98. The van der Waals surface area contributed by atoms with Crippen molar-refractivity contribution in [2.24, 2.45) is 0 Å². The number of aliphatic carboxylic acids is 3. The van der Waals surface area contributed by atoms with Gasteiger partial charge in [0.25, 0.3) is 0 Å². The van der Waals surface area contributed by atoms with Crippen molar-refractivity contribution < 1.29 is 145 Å². The minimum Gasteiger partial charge on any atom is -0.550 e. The van der Waals surface area contributed by atoms with Crippen LogP contribution in [0.5, 0.6) is 0 Å². The molecule has 0 radical (unpaired) electrons. The van der Waals surface area contributed by atoms with Gasteiger partial charge in [0, 0.05) is 24.8 Å². The zero-order valence-corrected chi connectivity index (χ0v) is 16.4. The van der Waals surface area contributed by atoms with Crippen molar-refractivity contribution in [3.63, 3.8) is 0 Å². The summed E-state index contributed by atoms with van der Waals surface area (Å²) in [4.78, 5) is 30.0. The largest absolute Gasteiger partial charge is 1.00 e. The SMILES string of the molecule is O=C([O-])CC(O)(CC(=O)[O-])C(=O)[O-].[K+].[Na+].[Na+]. The van der Waals surface area contributed by atoms with Crippen molar-refractivity contribution in [3.8, 4) is 0 Å². The van der Waals surface area contributed by atoms with E-state index in [4.69, 9.17) is 5.11 Å². The molecule has 0 saturated carbocycles. The quantitative estimate of drug-likeness (QED) is 0.490. The molecule has 0 aromatic carbocycles. The Morgan fingerprint density at radius 1 is 0.938 bits per heavy atom. The fourth-order valence-electron chi connectivity index (χ4n) is 0.684. The molecule has 0 spiro atoms. The molecule has 16 heavy (non-hydrogen) atoms. The van der Waals surface area contributed by atoms with Gasteiger partial charge in [-0.1, -0.05) is 0 Å². The first-order valence-electron chi connectivity index (χ1n) is 3.11. The van der Waals surface area contributed by atoms with E-state index in [0.29, 0.717) is 0 Å². The third-order valence-electron chi connectivity index (χ3n) is 1.25. The Kier molecular flexibility index (Phi) is 20.0. The van der Waals surface area contributed by atoms with Crippen LogP contribution >= 0.6 is 0 Å². The molecule has 0 unspecified atom stereocenters. The van der Waals surface area contributed by atoms with Crippen molar-refractivity contribution in [1.29, 1.82) is 0 Å². The predicted molar refractivity (Wildman–Crippen MR) is 29.2 cm³/mol. The normalized spacial score (nSPS) is 8.81. The predicted octanol–water partition coefficient (Wildman–Crippen LogP) is -14.2. The van der Waals surface area contributed by atoms with Gasteiger partial charge in [-0.05, 0) is 0 Å². The second-order valence-corrected chi connectivity index (χ2v) is 2.42. The standard InChI is InChI=1S/C6H8O7.K.2Na/c7-3(8)1-6(13,5(11)12)2-4(9)10;;;/h13H,1-2H2,(H,7,8)(H,9,10)(H,11,12);;;/q;3*+1/p-3. The second-order valence-electron chi connectivity index (χ2n) is 2.42. The molecular formula is C6H5KNa2O7. The summed E-state index contributed by atoms with van der Waals surface area (Å²) in [5, 5.41) is 38.9. The Morgan fingerprint density at radius 2 is 1.19 bits per heavy atom. The molecule has 1 N–H and O–H groups in total. The number of carbonyl (C=O) groups is 3. The van der Waals surface area contributed by atoms with Crippen LogP contribution in [0.2, 0.25) is 0 Å². The number of hydrogen-bond donors (Lipinski definition) is 1. The molecule has 0 aromatic rings. The van der Waals surface area contributed by atoms with Crippen molar-refractivity contribution in [3.05, 3.63) is 0 Å². The molecule has 0 heterocycles. The number of rotatable bonds is 5. The van der Waals surface area contributed by atoms with Gasteiger partial charge in [-0.15, -0.1) is 0 Å². The molecule has 74 valence electrons. The average Bonchev–Trinajstić information content (AvgIpc) is 1.82. The molecule has 7 nitrogen and oxygen atoms in total. The van der Waals surface area contributed by atoms with E-state index < -0.39 is 36.4 Å². The van der Waals surface area contributed by atoms with Gasteiger partial charge in [0.2, 0.25) is 0 Å². The summed E-state index contributed by atoms with van der Waals surface area (Å²) in [6.07, 6.45) is -2.72. The Hall–Kier alpha value is 2.01. The summed E-state index contributed by atoms with van der Waals surface area (Å²) < 4.78 is 0. The zero-order chi connectivity index (χ0) is 10.6. The molecule has 0 aliphatic carbocycles. The fourth-order valence-corrected chi connectivity index (χ4v) is 0.684. The molecule has 0 fully saturated rings. The zero-order valence-electron chi connectivity index (χ0n) is 9.31. The van der Waals surface area contributed by atoms with Gasteiger partial charge < -0.3 is 34.8 Å². The van der Waals surface area contributed by atoms with E-state index in [0.717, 1.165) is 0 Å². The summed E-state index contributed by atoms with van der Waals surface area (Å²) >= 11 is 0. The van der Waals surface area contributed by atoms with E-state index in [9.17, 15) is 29.7 Å². The second kappa shape index (κ2) is 12.1. The first-order chi connectivity index (χ1) is 5.78. The van der Waals surface area contributed by atoms with Crippen LogP contribution in [-0.4, -0.2) is 28.6 Å². The van der Waals surface area contributed by atoms with Gasteiger partial charge >= 0.3 is 110 Å². The molecule has 0 aliphatic rings. The molecule has 0 rings (SSSR count). The third-order valence-corrected chi connectivity index (χ3v) is 1.25. The number of carboxylic acids is 3. The maximum absolute atomic E-state index is 10.1. The average molecular weight is 274 g/mol. The van der Waals surface area contributed by atoms with Crippen molar-refractivity contribution in [1.82, 2.24) is 0 Å². The van der Waals surface area contributed by atoms with E-state index in [-0.39, 0.29) is 110 Å². The van der Waals surface area contributed by atoms with Crippen LogP contribution in [-0.2, 0) is 14.4 Å². The van der Waals surface area contributed by atoms with Crippen molar-refractivity contribution in [2.75, 3.05) is 0 Å². The Bertz CT molecular complexity index is 241. The Morgan fingerprint density at radius 3 is 1.31 bits per heavy atom.